The molecule has 0 aromatic heterocycles. The van der Waals surface area contributed by atoms with E-state index in [4.69, 9.17) is 4.43 Å². The Kier molecular flexibility index (Phi) is 5.93. The first-order valence-corrected chi connectivity index (χ1v) is 12.1. The summed E-state index contributed by atoms with van der Waals surface area (Å²) in [5.41, 5.74) is 0.257. The highest BCUT2D eigenvalue weighted by atomic mass is 28.4. The lowest BCUT2D eigenvalue weighted by atomic mass is 9.62. The predicted octanol–water partition coefficient (Wildman–Crippen LogP) is 5.43. The number of hydrogen-bond donors (Lipinski definition) is 0. The summed E-state index contributed by atoms with van der Waals surface area (Å²) in [7, 11) is -1.48. The van der Waals surface area contributed by atoms with E-state index in [9.17, 15) is 4.79 Å². The molecule has 2 aliphatic rings. The number of carbonyl (C=O) groups excluding carboxylic acids is 1. The third-order valence-corrected chi connectivity index (χ3v) is 11.9. The first kappa shape index (κ1) is 18.2. The van der Waals surface area contributed by atoms with Gasteiger partial charge in [-0.1, -0.05) is 34.6 Å². The predicted molar refractivity (Wildman–Crippen MR) is 95.5 cm³/mol. The van der Waals surface area contributed by atoms with Gasteiger partial charge in [-0.15, -0.1) is 0 Å². The minimum Gasteiger partial charge on any atom is -0.417 e. The monoisotopic (exact) mass is 324 g/mol. The van der Waals surface area contributed by atoms with E-state index in [0.717, 1.165) is 25.9 Å². The number of ketones is 1. The normalized spacial score (nSPS) is 33.8. The first-order chi connectivity index (χ1) is 10.4. The van der Waals surface area contributed by atoms with Gasteiger partial charge in [-0.25, -0.2) is 0 Å². The average Bonchev–Trinajstić information content (AvgIpc) is 2.87. The van der Waals surface area contributed by atoms with Crippen LogP contribution in [0.1, 0.15) is 66.7 Å². The van der Waals surface area contributed by atoms with Crippen molar-refractivity contribution in [2.24, 2.45) is 23.2 Å². The molecule has 0 N–H and O–H groups in total. The largest absolute Gasteiger partial charge is 0.417 e. The van der Waals surface area contributed by atoms with E-state index in [1.54, 1.807) is 0 Å². The third kappa shape index (κ3) is 3.21. The van der Waals surface area contributed by atoms with E-state index >= 15 is 0 Å². The number of carbonyl (C=O) groups is 1. The molecule has 0 aromatic carbocycles. The van der Waals surface area contributed by atoms with E-state index in [1.165, 1.54) is 31.0 Å². The molecule has 0 saturated heterocycles. The summed E-state index contributed by atoms with van der Waals surface area (Å²) >= 11 is 0. The van der Waals surface area contributed by atoms with Crippen molar-refractivity contribution >= 4 is 14.1 Å². The van der Waals surface area contributed by atoms with Crippen LogP contribution in [0.5, 0.6) is 0 Å². The fourth-order valence-electron chi connectivity index (χ4n) is 5.39. The summed E-state index contributed by atoms with van der Waals surface area (Å²) < 4.78 is 6.56. The summed E-state index contributed by atoms with van der Waals surface area (Å²) in [5, 5.41) is 0. The average molecular weight is 325 g/mol. The fourth-order valence-corrected chi connectivity index (χ4v) is 8.11. The second kappa shape index (κ2) is 7.17. The van der Waals surface area contributed by atoms with Crippen molar-refractivity contribution in [2.45, 2.75) is 84.9 Å². The Balaban J connectivity index is 2.01. The molecular formula is C19H36O2Si. The molecule has 0 heterocycles. The van der Waals surface area contributed by atoms with E-state index in [0.29, 0.717) is 23.5 Å². The molecule has 2 rings (SSSR count). The highest BCUT2D eigenvalue weighted by Gasteiger charge is 2.52. The van der Waals surface area contributed by atoms with Gasteiger partial charge < -0.3 is 4.43 Å². The van der Waals surface area contributed by atoms with Crippen LogP contribution in [0, 0.1) is 23.2 Å². The van der Waals surface area contributed by atoms with E-state index in [2.05, 4.69) is 34.6 Å². The maximum absolute atomic E-state index is 12.3. The van der Waals surface area contributed by atoms with Crippen molar-refractivity contribution in [3.8, 4) is 0 Å². The fraction of sp³-hybridized carbons (Fsp3) is 0.947. The summed E-state index contributed by atoms with van der Waals surface area (Å²) in [4.78, 5) is 12.3. The topological polar surface area (TPSA) is 26.3 Å². The molecular weight excluding hydrogens is 288 g/mol. The van der Waals surface area contributed by atoms with Gasteiger partial charge in [-0.3, -0.25) is 4.79 Å². The summed E-state index contributed by atoms with van der Waals surface area (Å²) in [5.74, 6) is 2.17. The zero-order chi connectivity index (χ0) is 16.4. The van der Waals surface area contributed by atoms with Crippen LogP contribution >= 0.6 is 0 Å². The lowest BCUT2D eigenvalue weighted by molar-refractivity contribution is -0.130. The van der Waals surface area contributed by atoms with Crippen molar-refractivity contribution < 1.29 is 9.22 Å². The van der Waals surface area contributed by atoms with Crippen LogP contribution in [-0.2, 0) is 9.22 Å². The Bertz CT molecular complexity index is 383. The van der Waals surface area contributed by atoms with Crippen LogP contribution in [0.3, 0.4) is 0 Å². The van der Waals surface area contributed by atoms with Gasteiger partial charge in [0.25, 0.3) is 0 Å². The van der Waals surface area contributed by atoms with Gasteiger partial charge in [0.2, 0.25) is 0 Å². The minimum absolute atomic E-state index is 0.257. The van der Waals surface area contributed by atoms with E-state index in [1.807, 2.05) is 0 Å². The molecule has 0 aliphatic heterocycles. The number of fused-ring (bicyclic) bond motifs is 1. The summed E-state index contributed by atoms with van der Waals surface area (Å²) in [6.07, 6.45) is 5.54. The van der Waals surface area contributed by atoms with Gasteiger partial charge in [0.1, 0.15) is 5.78 Å². The highest BCUT2D eigenvalue weighted by molar-refractivity contribution is 6.73. The minimum atomic E-state index is -1.48. The lowest BCUT2D eigenvalue weighted by Gasteiger charge is -2.43. The van der Waals surface area contributed by atoms with Gasteiger partial charge in [0.05, 0.1) is 0 Å². The Hall–Kier alpha value is -0.153. The number of Topliss-reactive ketones (excluding diaryl/α,β-unsaturated/α-hetero) is 1. The maximum Gasteiger partial charge on any atom is 0.191 e. The van der Waals surface area contributed by atoms with Crippen LogP contribution in [-0.4, -0.2) is 20.7 Å². The Labute approximate surface area is 138 Å². The van der Waals surface area contributed by atoms with Crippen LogP contribution < -0.4 is 0 Å². The van der Waals surface area contributed by atoms with Crippen molar-refractivity contribution in [3.05, 3.63) is 0 Å². The molecule has 22 heavy (non-hydrogen) atoms. The first-order valence-electron chi connectivity index (χ1n) is 9.59. The zero-order valence-electron chi connectivity index (χ0n) is 15.4. The molecule has 3 heteroatoms. The Morgan fingerprint density at radius 1 is 1.23 bits per heavy atom. The summed E-state index contributed by atoms with van der Waals surface area (Å²) in [6.45, 7) is 12.6. The zero-order valence-corrected chi connectivity index (χ0v) is 16.4. The second-order valence-corrected chi connectivity index (χ2v) is 12.9. The van der Waals surface area contributed by atoms with Crippen LogP contribution in [0.4, 0.5) is 0 Å². The molecule has 0 spiro atoms. The van der Waals surface area contributed by atoms with Crippen LogP contribution in [0.25, 0.3) is 0 Å². The van der Waals surface area contributed by atoms with Gasteiger partial charge in [-0.05, 0) is 61.1 Å². The maximum atomic E-state index is 12.3. The van der Waals surface area contributed by atoms with Gasteiger partial charge in [0.15, 0.2) is 8.32 Å². The molecule has 4 atom stereocenters. The van der Waals surface area contributed by atoms with Crippen molar-refractivity contribution in [2.75, 3.05) is 6.61 Å². The third-order valence-electron chi connectivity index (χ3n) is 7.21. The molecule has 0 bridgehead atoms. The molecule has 128 valence electrons. The van der Waals surface area contributed by atoms with Crippen molar-refractivity contribution in [1.82, 2.24) is 0 Å². The Morgan fingerprint density at radius 3 is 2.45 bits per heavy atom. The van der Waals surface area contributed by atoms with E-state index < -0.39 is 8.32 Å². The molecule has 2 aliphatic carbocycles. The van der Waals surface area contributed by atoms with E-state index in [-0.39, 0.29) is 5.41 Å². The van der Waals surface area contributed by atoms with Crippen molar-refractivity contribution in [1.29, 1.82) is 0 Å². The second-order valence-electron chi connectivity index (χ2n) is 8.09. The Morgan fingerprint density at radius 2 is 1.86 bits per heavy atom. The molecule has 0 aromatic rings. The van der Waals surface area contributed by atoms with Gasteiger partial charge in [-0.2, -0.15) is 0 Å². The summed E-state index contributed by atoms with van der Waals surface area (Å²) in [6, 6.07) is 3.70. The number of hydrogen-bond acceptors (Lipinski definition) is 2. The molecule has 2 saturated carbocycles. The standard InChI is InChI=1S/C19H36O2Si/c1-6-22(7-2,8-3)21-14-15(4)16-11-12-17-18(20)10-9-13-19(16,17)5/h15-17H,6-14H2,1-5H3/t15-,16-,17+,19-/m1/s1. The SMILES string of the molecule is CC[Si](CC)(CC)OC[C@@H](C)[C@H]1CC[C@H]2C(=O)CCC[C@]12C. The molecule has 2 nitrogen and oxygen atoms in total. The molecule has 2 fully saturated rings. The molecule has 0 amide bonds. The smallest absolute Gasteiger partial charge is 0.191 e. The molecule has 0 unspecified atom stereocenters. The van der Waals surface area contributed by atoms with Gasteiger partial charge in [0, 0.05) is 18.9 Å². The van der Waals surface area contributed by atoms with Gasteiger partial charge >= 0.3 is 0 Å². The molecule has 0 radical (unpaired) electrons. The van der Waals surface area contributed by atoms with Crippen molar-refractivity contribution in [3.63, 3.8) is 0 Å². The lowest BCUT2D eigenvalue weighted by Crippen LogP contribution is -2.42. The van der Waals surface area contributed by atoms with Crippen LogP contribution in [0.15, 0.2) is 0 Å². The van der Waals surface area contributed by atoms with Crippen LogP contribution in [0.2, 0.25) is 18.1 Å². The quantitative estimate of drug-likeness (QED) is 0.584. The number of rotatable bonds is 7. The highest BCUT2D eigenvalue weighted by Crippen LogP contribution is 2.56.